The maximum absolute atomic E-state index is 14.3. The lowest BCUT2D eigenvalue weighted by molar-refractivity contribution is -0.146. The van der Waals surface area contributed by atoms with Crippen LogP contribution in [0.1, 0.15) is 12.8 Å². The highest BCUT2D eigenvalue weighted by molar-refractivity contribution is 6.30. The number of carbonyl (C=O) groups is 1. The highest BCUT2D eigenvalue weighted by atomic mass is 35.5. The van der Waals surface area contributed by atoms with E-state index in [4.69, 9.17) is 21.1 Å². The Bertz CT molecular complexity index is 1040. The van der Waals surface area contributed by atoms with Gasteiger partial charge in [0.15, 0.2) is 18.2 Å². The number of halogens is 3. The van der Waals surface area contributed by atoms with E-state index in [1.807, 2.05) is 0 Å². The summed E-state index contributed by atoms with van der Waals surface area (Å²) in [6.07, 6.45) is 3.51. The van der Waals surface area contributed by atoms with Crippen LogP contribution in [0.15, 0.2) is 36.5 Å². The topological polar surface area (TPSA) is 79.1 Å². The highest BCUT2D eigenvalue weighted by Crippen LogP contribution is 2.29. The molecule has 0 spiro atoms. The van der Waals surface area contributed by atoms with Gasteiger partial charge in [-0.1, -0.05) is 11.6 Å². The third-order valence-electron chi connectivity index (χ3n) is 4.18. The van der Waals surface area contributed by atoms with E-state index in [1.165, 1.54) is 12.3 Å². The van der Waals surface area contributed by atoms with Crippen molar-refractivity contribution >= 4 is 17.6 Å². The molecule has 3 aromatic rings. The molecule has 10 heteroatoms. The first kappa shape index (κ1) is 19.3. The average Bonchev–Trinajstić information content (AvgIpc) is 3.44. The van der Waals surface area contributed by atoms with Crippen LogP contribution in [-0.2, 0) is 9.53 Å². The molecule has 0 unspecified atom stereocenters. The molecule has 150 valence electrons. The number of hydrogen-bond acceptors (Lipinski definition) is 6. The lowest BCUT2D eigenvalue weighted by Crippen LogP contribution is -2.16. The predicted octanol–water partition coefficient (Wildman–Crippen LogP) is 3.59. The maximum Gasteiger partial charge on any atom is 0.344 e. The van der Waals surface area contributed by atoms with Gasteiger partial charge >= 0.3 is 12.0 Å². The summed E-state index contributed by atoms with van der Waals surface area (Å²) >= 11 is 5.86. The highest BCUT2D eigenvalue weighted by Gasteiger charge is 2.24. The molecule has 1 aliphatic rings. The zero-order chi connectivity index (χ0) is 20.4. The number of aromatic nitrogens is 4. The van der Waals surface area contributed by atoms with Crippen LogP contribution in [0.25, 0.3) is 17.2 Å². The van der Waals surface area contributed by atoms with E-state index in [9.17, 15) is 13.6 Å². The van der Waals surface area contributed by atoms with Crippen molar-refractivity contribution in [2.75, 3.05) is 13.2 Å². The first-order valence-electron chi connectivity index (χ1n) is 8.82. The van der Waals surface area contributed by atoms with E-state index < -0.39 is 24.2 Å². The van der Waals surface area contributed by atoms with Crippen molar-refractivity contribution in [3.8, 4) is 23.2 Å². The Morgan fingerprint density at radius 1 is 1.24 bits per heavy atom. The van der Waals surface area contributed by atoms with Gasteiger partial charge in [0.05, 0.1) is 11.6 Å². The van der Waals surface area contributed by atoms with Gasteiger partial charge < -0.3 is 9.47 Å². The Kier molecular flexibility index (Phi) is 5.39. The van der Waals surface area contributed by atoms with Gasteiger partial charge in [-0.2, -0.15) is 4.98 Å². The van der Waals surface area contributed by atoms with Gasteiger partial charge in [0.1, 0.15) is 17.2 Å². The van der Waals surface area contributed by atoms with Crippen LogP contribution < -0.4 is 4.74 Å². The summed E-state index contributed by atoms with van der Waals surface area (Å²) in [5, 5.41) is 4.49. The molecule has 2 heterocycles. The minimum Gasteiger partial charge on any atom is -0.463 e. The summed E-state index contributed by atoms with van der Waals surface area (Å²) in [4.78, 5) is 20.1. The summed E-state index contributed by atoms with van der Waals surface area (Å²) in [7, 11) is 0. The molecule has 1 fully saturated rings. The Morgan fingerprint density at radius 2 is 2.07 bits per heavy atom. The first-order valence-corrected chi connectivity index (χ1v) is 9.20. The molecule has 1 aliphatic carbocycles. The Morgan fingerprint density at radius 3 is 2.76 bits per heavy atom. The van der Waals surface area contributed by atoms with E-state index in [2.05, 4.69) is 15.1 Å². The predicted molar refractivity (Wildman–Crippen MR) is 98.7 cm³/mol. The molecule has 2 aromatic heterocycles. The van der Waals surface area contributed by atoms with Crippen molar-refractivity contribution < 1.29 is 23.0 Å². The fraction of sp³-hybridized carbons (Fsp3) is 0.263. The summed E-state index contributed by atoms with van der Waals surface area (Å²) in [6, 6.07) is 6.01. The summed E-state index contributed by atoms with van der Waals surface area (Å²) < 4.78 is 39.1. The van der Waals surface area contributed by atoms with Crippen LogP contribution in [0.3, 0.4) is 0 Å². The smallest absolute Gasteiger partial charge is 0.344 e. The normalized spacial score (nSPS) is 13.3. The van der Waals surface area contributed by atoms with Crippen LogP contribution in [-0.4, -0.2) is 38.9 Å². The van der Waals surface area contributed by atoms with E-state index in [-0.39, 0.29) is 17.5 Å². The third kappa shape index (κ3) is 4.68. The zero-order valence-corrected chi connectivity index (χ0v) is 15.8. The van der Waals surface area contributed by atoms with Crippen molar-refractivity contribution in [2.24, 2.45) is 5.92 Å². The number of esters is 1. The standard InChI is InChI=1S/C19H15ClF2N4O3/c20-12-3-5-15(23-8-12)18-24-19(29-10-17(27)28-9-11-1-2-11)25-26(18)16-6-4-13(21)7-14(16)22/h3-8,11H,1-2,9-10H2. The molecule has 0 atom stereocenters. The van der Waals surface area contributed by atoms with Crippen LogP contribution in [0, 0.1) is 17.6 Å². The van der Waals surface area contributed by atoms with Gasteiger partial charge in [-0.05, 0) is 43.0 Å². The summed E-state index contributed by atoms with van der Waals surface area (Å²) in [5.41, 5.74) is 0.272. The molecular formula is C19H15ClF2N4O3. The van der Waals surface area contributed by atoms with Gasteiger partial charge in [-0.15, -0.1) is 5.10 Å². The largest absolute Gasteiger partial charge is 0.463 e. The number of nitrogens with zero attached hydrogens (tertiary/aromatic N) is 4. The van der Waals surface area contributed by atoms with Gasteiger partial charge in [0, 0.05) is 12.3 Å². The lowest BCUT2D eigenvalue weighted by atomic mass is 10.3. The second-order valence-electron chi connectivity index (χ2n) is 6.50. The quantitative estimate of drug-likeness (QED) is 0.543. The van der Waals surface area contributed by atoms with Crippen molar-refractivity contribution in [3.63, 3.8) is 0 Å². The molecule has 0 amide bonds. The lowest BCUT2D eigenvalue weighted by Gasteiger charge is -2.06. The second kappa shape index (κ2) is 8.12. The SMILES string of the molecule is O=C(COc1nc(-c2ccc(Cl)cn2)n(-c2ccc(F)cc2F)n1)OCC1CC1. The summed E-state index contributed by atoms with van der Waals surface area (Å²) in [5.74, 6) is -1.56. The van der Waals surface area contributed by atoms with Crippen molar-refractivity contribution in [3.05, 3.63) is 53.2 Å². The Labute approximate surface area is 169 Å². The molecule has 0 aliphatic heterocycles. The molecule has 0 radical (unpaired) electrons. The number of hydrogen-bond donors (Lipinski definition) is 0. The van der Waals surface area contributed by atoms with E-state index in [0.717, 1.165) is 29.7 Å². The first-order chi connectivity index (χ1) is 14.0. The van der Waals surface area contributed by atoms with Crippen molar-refractivity contribution in [1.29, 1.82) is 0 Å². The van der Waals surface area contributed by atoms with Crippen LogP contribution >= 0.6 is 11.6 Å². The zero-order valence-electron chi connectivity index (χ0n) is 15.0. The molecule has 0 saturated heterocycles. The van der Waals surface area contributed by atoms with Crippen LogP contribution in [0.2, 0.25) is 5.02 Å². The van der Waals surface area contributed by atoms with Crippen molar-refractivity contribution in [1.82, 2.24) is 19.7 Å². The van der Waals surface area contributed by atoms with Crippen LogP contribution in [0.5, 0.6) is 6.01 Å². The minimum absolute atomic E-state index is 0.0585. The summed E-state index contributed by atoms with van der Waals surface area (Å²) in [6.45, 7) is -0.0269. The van der Waals surface area contributed by atoms with Crippen LogP contribution in [0.4, 0.5) is 8.78 Å². The minimum atomic E-state index is -0.847. The van der Waals surface area contributed by atoms with E-state index in [0.29, 0.717) is 23.2 Å². The van der Waals surface area contributed by atoms with E-state index >= 15 is 0 Å². The van der Waals surface area contributed by atoms with Crippen molar-refractivity contribution in [2.45, 2.75) is 12.8 Å². The maximum atomic E-state index is 14.3. The number of ether oxygens (including phenoxy) is 2. The number of pyridine rings is 1. The average molecular weight is 421 g/mol. The molecule has 0 N–H and O–H groups in total. The molecule has 7 nitrogen and oxygen atoms in total. The number of benzene rings is 1. The second-order valence-corrected chi connectivity index (χ2v) is 6.94. The van der Waals surface area contributed by atoms with Gasteiger partial charge in [-0.3, -0.25) is 4.98 Å². The molecule has 29 heavy (non-hydrogen) atoms. The Balaban J connectivity index is 1.61. The third-order valence-corrected chi connectivity index (χ3v) is 4.40. The van der Waals surface area contributed by atoms with E-state index in [1.54, 1.807) is 12.1 Å². The fourth-order valence-corrected chi connectivity index (χ4v) is 2.62. The molecular weight excluding hydrogens is 406 g/mol. The number of rotatable bonds is 7. The Hall–Kier alpha value is -3.07. The van der Waals surface area contributed by atoms with Gasteiger partial charge in [0.25, 0.3) is 0 Å². The van der Waals surface area contributed by atoms with Gasteiger partial charge in [-0.25, -0.2) is 18.3 Å². The molecule has 0 bridgehead atoms. The number of carbonyl (C=O) groups excluding carboxylic acids is 1. The van der Waals surface area contributed by atoms with Gasteiger partial charge in [0.2, 0.25) is 0 Å². The molecule has 1 saturated carbocycles. The monoisotopic (exact) mass is 420 g/mol. The molecule has 1 aromatic carbocycles. The fourth-order valence-electron chi connectivity index (χ4n) is 2.51. The molecule has 4 rings (SSSR count).